The van der Waals surface area contributed by atoms with Gasteiger partial charge in [0, 0.05) is 22.5 Å². The van der Waals surface area contributed by atoms with Crippen LogP contribution in [-0.4, -0.2) is 34.3 Å². The Morgan fingerprint density at radius 2 is 1.46 bits per heavy atom. The standard InChI is InChI=1S/C20H17ClN2O3/c1-11(17(22)18(24)13-7-9-14(21)10-8-13)12(2)23-19(25)15-5-3-4-6-16(15)20(23)26/h3-12,22H,1-2H3. The van der Waals surface area contributed by atoms with E-state index in [9.17, 15) is 14.4 Å². The highest BCUT2D eigenvalue weighted by Crippen LogP contribution is 2.27. The van der Waals surface area contributed by atoms with Crippen molar-refractivity contribution in [3.63, 3.8) is 0 Å². The molecule has 1 aliphatic rings. The van der Waals surface area contributed by atoms with Crippen LogP contribution in [0.5, 0.6) is 0 Å². The lowest BCUT2D eigenvalue weighted by atomic mass is 9.91. The number of hydrogen-bond donors (Lipinski definition) is 1. The minimum absolute atomic E-state index is 0.156. The number of benzene rings is 2. The van der Waals surface area contributed by atoms with Crippen molar-refractivity contribution in [3.05, 3.63) is 70.2 Å². The van der Waals surface area contributed by atoms with E-state index in [2.05, 4.69) is 0 Å². The SMILES string of the molecule is CC(C(=N)C(=O)c1ccc(Cl)cc1)C(C)N1C(=O)c2ccccc2C1=O. The summed E-state index contributed by atoms with van der Waals surface area (Å²) in [6.07, 6.45) is 0. The summed E-state index contributed by atoms with van der Waals surface area (Å²) in [5, 5.41) is 8.75. The first kappa shape index (κ1) is 18.0. The minimum atomic E-state index is -0.619. The van der Waals surface area contributed by atoms with E-state index in [1.807, 2.05) is 0 Å². The molecule has 0 fully saturated rings. The second-order valence-electron chi connectivity index (χ2n) is 6.30. The Bertz CT molecular complexity index is 886. The van der Waals surface area contributed by atoms with E-state index in [1.165, 1.54) is 0 Å². The number of rotatable bonds is 5. The molecule has 1 heterocycles. The van der Waals surface area contributed by atoms with Crippen molar-refractivity contribution >= 4 is 34.9 Å². The molecule has 0 radical (unpaired) electrons. The zero-order valence-corrected chi connectivity index (χ0v) is 15.1. The molecule has 0 aliphatic carbocycles. The van der Waals surface area contributed by atoms with Gasteiger partial charge in [0.25, 0.3) is 11.8 Å². The maximum absolute atomic E-state index is 12.6. The number of fused-ring (bicyclic) bond motifs is 1. The van der Waals surface area contributed by atoms with Gasteiger partial charge in [-0.1, -0.05) is 30.7 Å². The van der Waals surface area contributed by atoms with Crippen LogP contribution in [-0.2, 0) is 0 Å². The lowest BCUT2D eigenvalue weighted by Gasteiger charge is -2.28. The van der Waals surface area contributed by atoms with Gasteiger partial charge in [0.1, 0.15) is 0 Å². The molecule has 2 unspecified atom stereocenters. The fraction of sp³-hybridized carbons (Fsp3) is 0.200. The van der Waals surface area contributed by atoms with Crippen molar-refractivity contribution in [1.29, 1.82) is 5.41 Å². The molecule has 2 aromatic rings. The van der Waals surface area contributed by atoms with E-state index in [1.54, 1.807) is 62.4 Å². The first-order valence-corrected chi connectivity index (χ1v) is 8.56. The van der Waals surface area contributed by atoms with Crippen LogP contribution in [0, 0.1) is 11.3 Å². The lowest BCUT2D eigenvalue weighted by molar-refractivity contribution is 0.0572. The Morgan fingerprint density at radius 1 is 0.962 bits per heavy atom. The quantitative estimate of drug-likeness (QED) is 0.494. The minimum Gasteiger partial charge on any atom is -0.301 e. The number of amides is 2. The van der Waals surface area contributed by atoms with Crippen LogP contribution in [0.2, 0.25) is 5.02 Å². The molecule has 0 aromatic heterocycles. The molecule has 132 valence electrons. The second kappa shape index (κ2) is 6.84. The molecule has 2 amide bonds. The van der Waals surface area contributed by atoms with Crippen LogP contribution in [0.4, 0.5) is 0 Å². The molecule has 26 heavy (non-hydrogen) atoms. The van der Waals surface area contributed by atoms with Crippen molar-refractivity contribution in [1.82, 2.24) is 4.90 Å². The average Bonchev–Trinajstić information content (AvgIpc) is 2.91. The smallest absolute Gasteiger partial charge is 0.261 e. The molecular weight excluding hydrogens is 352 g/mol. The van der Waals surface area contributed by atoms with E-state index >= 15 is 0 Å². The average molecular weight is 369 g/mol. The largest absolute Gasteiger partial charge is 0.301 e. The number of carbonyl (C=O) groups excluding carboxylic acids is 3. The Balaban J connectivity index is 1.82. The van der Waals surface area contributed by atoms with E-state index in [-0.39, 0.29) is 5.71 Å². The number of hydrogen-bond acceptors (Lipinski definition) is 4. The molecular formula is C20H17ClN2O3. The van der Waals surface area contributed by atoms with Crippen molar-refractivity contribution in [3.8, 4) is 0 Å². The first-order chi connectivity index (χ1) is 12.3. The van der Waals surface area contributed by atoms with E-state index in [0.29, 0.717) is 21.7 Å². The summed E-state index contributed by atoms with van der Waals surface area (Å²) in [6, 6.07) is 12.3. The molecule has 0 saturated heterocycles. The molecule has 3 rings (SSSR count). The highest BCUT2D eigenvalue weighted by atomic mass is 35.5. The Hall–Kier alpha value is -2.79. The number of ketones is 1. The molecule has 0 saturated carbocycles. The highest BCUT2D eigenvalue weighted by molar-refractivity contribution is 6.45. The summed E-state index contributed by atoms with van der Waals surface area (Å²) in [5.41, 5.74) is 0.899. The zero-order chi connectivity index (χ0) is 19.0. The lowest BCUT2D eigenvalue weighted by Crippen LogP contribution is -2.45. The van der Waals surface area contributed by atoms with Crippen molar-refractivity contribution in [2.75, 3.05) is 0 Å². The molecule has 1 aliphatic heterocycles. The summed E-state index contributed by atoms with van der Waals surface area (Å²) in [5.74, 6) is -1.84. The van der Waals surface area contributed by atoms with Gasteiger partial charge in [-0.2, -0.15) is 0 Å². The topological polar surface area (TPSA) is 78.3 Å². The number of carbonyl (C=O) groups is 3. The van der Waals surface area contributed by atoms with Gasteiger partial charge >= 0.3 is 0 Å². The van der Waals surface area contributed by atoms with E-state index in [4.69, 9.17) is 17.0 Å². The Kier molecular flexibility index (Phi) is 4.74. The van der Waals surface area contributed by atoms with Crippen LogP contribution >= 0.6 is 11.6 Å². The van der Waals surface area contributed by atoms with Gasteiger partial charge in [0.15, 0.2) is 0 Å². The zero-order valence-electron chi connectivity index (χ0n) is 14.3. The predicted molar refractivity (Wildman–Crippen MR) is 99.1 cm³/mol. The third-order valence-corrected chi connectivity index (χ3v) is 5.01. The molecule has 0 spiro atoms. The maximum Gasteiger partial charge on any atom is 0.261 e. The fourth-order valence-electron chi connectivity index (χ4n) is 3.01. The molecule has 1 N–H and O–H groups in total. The fourth-order valence-corrected chi connectivity index (χ4v) is 3.13. The molecule has 2 atom stereocenters. The Morgan fingerprint density at radius 3 is 1.96 bits per heavy atom. The van der Waals surface area contributed by atoms with Crippen molar-refractivity contribution in [2.45, 2.75) is 19.9 Å². The van der Waals surface area contributed by atoms with E-state index in [0.717, 1.165) is 4.90 Å². The molecule has 2 aromatic carbocycles. The molecule has 5 nitrogen and oxygen atoms in total. The van der Waals surface area contributed by atoms with Gasteiger partial charge in [-0.15, -0.1) is 0 Å². The summed E-state index contributed by atoms with van der Waals surface area (Å²) < 4.78 is 0. The van der Waals surface area contributed by atoms with Gasteiger partial charge in [0.2, 0.25) is 5.78 Å². The van der Waals surface area contributed by atoms with Crippen LogP contribution < -0.4 is 0 Å². The van der Waals surface area contributed by atoms with Crippen LogP contribution in [0.3, 0.4) is 0 Å². The van der Waals surface area contributed by atoms with Gasteiger partial charge in [-0.25, -0.2) is 0 Å². The molecule has 0 bridgehead atoms. The van der Waals surface area contributed by atoms with Crippen LogP contribution in [0.15, 0.2) is 48.5 Å². The summed E-state index contributed by atoms with van der Waals surface area (Å²) in [6.45, 7) is 3.35. The van der Waals surface area contributed by atoms with Gasteiger partial charge in [-0.05, 0) is 43.3 Å². The van der Waals surface area contributed by atoms with Gasteiger partial charge < -0.3 is 5.41 Å². The van der Waals surface area contributed by atoms with Gasteiger partial charge in [0.05, 0.1) is 16.8 Å². The van der Waals surface area contributed by atoms with Crippen LogP contribution in [0.25, 0.3) is 0 Å². The third-order valence-electron chi connectivity index (χ3n) is 4.76. The second-order valence-corrected chi connectivity index (χ2v) is 6.74. The molecule has 6 heteroatoms. The first-order valence-electron chi connectivity index (χ1n) is 8.18. The van der Waals surface area contributed by atoms with Crippen molar-refractivity contribution < 1.29 is 14.4 Å². The maximum atomic E-state index is 12.6. The number of nitrogens with zero attached hydrogens (tertiary/aromatic N) is 1. The number of Topliss-reactive ketones (excluding diaryl/α,β-unsaturated/α-hetero) is 1. The monoisotopic (exact) mass is 368 g/mol. The van der Waals surface area contributed by atoms with Crippen molar-refractivity contribution in [2.24, 2.45) is 5.92 Å². The highest BCUT2D eigenvalue weighted by Gasteiger charge is 2.41. The number of imide groups is 1. The number of nitrogens with one attached hydrogen (secondary N) is 1. The van der Waals surface area contributed by atoms with Crippen LogP contribution in [0.1, 0.15) is 44.9 Å². The Labute approximate surface area is 156 Å². The summed E-state index contributed by atoms with van der Waals surface area (Å²) in [7, 11) is 0. The van der Waals surface area contributed by atoms with Gasteiger partial charge in [-0.3, -0.25) is 19.3 Å². The van der Waals surface area contributed by atoms with E-state index < -0.39 is 29.6 Å². The third kappa shape index (κ3) is 2.95. The normalized spacial score (nSPS) is 15.6. The summed E-state index contributed by atoms with van der Waals surface area (Å²) in [4.78, 5) is 38.9. The number of halogens is 1. The summed E-state index contributed by atoms with van der Waals surface area (Å²) >= 11 is 5.82. The predicted octanol–water partition coefficient (Wildman–Crippen LogP) is 3.86.